The molecule has 1 aromatic rings. The van der Waals surface area contributed by atoms with Gasteiger partial charge >= 0.3 is 6.18 Å². The highest BCUT2D eigenvalue weighted by molar-refractivity contribution is 5.82. The molecule has 2 heterocycles. The quantitative estimate of drug-likeness (QED) is 0.821. The van der Waals surface area contributed by atoms with Crippen LogP contribution in [0.4, 0.5) is 13.2 Å². The molecule has 150 valence electrons. The second-order valence-electron chi connectivity index (χ2n) is 7.09. The molecule has 2 unspecified atom stereocenters. The van der Waals surface area contributed by atoms with Crippen molar-refractivity contribution in [3.8, 4) is 5.75 Å². The molecular formula is C18H25F3N4O2. The van der Waals surface area contributed by atoms with Gasteiger partial charge in [-0.15, -0.1) is 0 Å². The zero-order valence-electron chi connectivity index (χ0n) is 15.3. The summed E-state index contributed by atoms with van der Waals surface area (Å²) in [6.07, 6.45) is -2.92. The maximum atomic E-state index is 12.8. The first-order valence-corrected chi connectivity index (χ1v) is 9.11. The highest BCUT2D eigenvalue weighted by Crippen LogP contribution is 2.31. The number of rotatable bonds is 4. The summed E-state index contributed by atoms with van der Waals surface area (Å²) in [6.45, 7) is 3.47. The minimum absolute atomic E-state index is 0.0550. The summed E-state index contributed by atoms with van der Waals surface area (Å²) in [7, 11) is 2.05. The minimum atomic E-state index is -4.40. The molecule has 2 N–H and O–H groups in total. The van der Waals surface area contributed by atoms with Crippen LogP contribution in [0.1, 0.15) is 18.4 Å². The van der Waals surface area contributed by atoms with E-state index in [-0.39, 0.29) is 30.3 Å². The van der Waals surface area contributed by atoms with Crippen LogP contribution in [-0.4, -0.2) is 67.6 Å². The predicted octanol–water partition coefficient (Wildman–Crippen LogP) is 1.48. The fourth-order valence-corrected chi connectivity index (χ4v) is 3.34. The number of benzene rings is 1. The topological polar surface area (TPSA) is 56.8 Å². The highest BCUT2D eigenvalue weighted by atomic mass is 19.4. The van der Waals surface area contributed by atoms with Crippen LogP contribution >= 0.6 is 0 Å². The number of carbonyl (C=O) groups excluding carboxylic acids is 1. The molecule has 1 aromatic carbocycles. The lowest BCUT2D eigenvalue weighted by Crippen LogP contribution is -2.46. The van der Waals surface area contributed by atoms with Crippen molar-refractivity contribution in [2.75, 3.05) is 39.8 Å². The number of nitrogens with one attached hydrogen (secondary N) is 2. The summed E-state index contributed by atoms with van der Waals surface area (Å²) in [5.41, 5.74) is 5.26. The Kier molecular flexibility index (Phi) is 6.23. The minimum Gasteiger partial charge on any atom is -0.492 e. The molecule has 3 rings (SSSR count). The SMILES string of the molecule is CN1CCCN(C(=O)C2CC(COc3cccc(C(F)(F)F)c3)NN2)CC1. The molecular weight excluding hydrogens is 361 g/mol. The second kappa shape index (κ2) is 8.45. The molecule has 1 amide bonds. The van der Waals surface area contributed by atoms with Crippen LogP contribution in [0.2, 0.25) is 0 Å². The van der Waals surface area contributed by atoms with Gasteiger partial charge in [0.15, 0.2) is 0 Å². The van der Waals surface area contributed by atoms with E-state index in [2.05, 4.69) is 15.8 Å². The van der Waals surface area contributed by atoms with E-state index in [4.69, 9.17) is 4.74 Å². The van der Waals surface area contributed by atoms with E-state index in [1.54, 1.807) is 0 Å². The van der Waals surface area contributed by atoms with Crippen molar-refractivity contribution in [2.45, 2.75) is 31.1 Å². The molecule has 9 heteroatoms. The van der Waals surface area contributed by atoms with E-state index in [0.717, 1.165) is 38.2 Å². The molecule has 0 aromatic heterocycles. The molecule has 2 aliphatic heterocycles. The van der Waals surface area contributed by atoms with Crippen molar-refractivity contribution in [2.24, 2.45) is 0 Å². The maximum Gasteiger partial charge on any atom is 0.416 e. The van der Waals surface area contributed by atoms with Gasteiger partial charge in [0.25, 0.3) is 0 Å². The molecule has 2 fully saturated rings. The molecule has 6 nitrogen and oxygen atoms in total. The van der Waals surface area contributed by atoms with Gasteiger partial charge in [-0.2, -0.15) is 13.2 Å². The summed E-state index contributed by atoms with van der Waals surface area (Å²) >= 11 is 0. The number of halogens is 3. The molecule has 2 aliphatic rings. The Bertz CT molecular complexity index is 656. The number of carbonyl (C=O) groups is 1. The van der Waals surface area contributed by atoms with Crippen LogP contribution in [0.25, 0.3) is 0 Å². The molecule has 0 bridgehead atoms. The van der Waals surface area contributed by atoms with Gasteiger partial charge in [-0.25, -0.2) is 5.43 Å². The number of hydrogen-bond donors (Lipinski definition) is 2. The zero-order valence-corrected chi connectivity index (χ0v) is 15.3. The first-order chi connectivity index (χ1) is 12.8. The highest BCUT2D eigenvalue weighted by Gasteiger charge is 2.33. The lowest BCUT2D eigenvalue weighted by Gasteiger charge is -2.23. The van der Waals surface area contributed by atoms with Gasteiger partial charge in [-0.3, -0.25) is 10.2 Å². The van der Waals surface area contributed by atoms with E-state index in [9.17, 15) is 18.0 Å². The number of nitrogens with zero attached hydrogens (tertiary/aromatic N) is 2. The third-order valence-electron chi connectivity index (χ3n) is 4.92. The smallest absolute Gasteiger partial charge is 0.416 e. The largest absolute Gasteiger partial charge is 0.492 e. The molecule has 2 saturated heterocycles. The summed E-state index contributed by atoms with van der Waals surface area (Å²) in [6, 6.07) is 4.32. The van der Waals surface area contributed by atoms with Gasteiger partial charge in [-0.1, -0.05) is 6.07 Å². The molecule has 2 atom stereocenters. The summed E-state index contributed by atoms with van der Waals surface area (Å²) in [5.74, 6) is 0.219. The van der Waals surface area contributed by atoms with E-state index in [1.807, 2.05) is 11.9 Å². The number of hydrogen-bond acceptors (Lipinski definition) is 5. The average Bonchev–Trinajstić information content (AvgIpc) is 3.00. The Hall–Kier alpha value is -1.84. The summed E-state index contributed by atoms with van der Waals surface area (Å²) in [4.78, 5) is 16.8. The average molecular weight is 386 g/mol. The Balaban J connectivity index is 1.49. The van der Waals surface area contributed by atoms with Crippen molar-refractivity contribution in [1.29, 1.82) is 0 Å². The van der Waals surface area contributed by atoms with E-state index >= 15 is 0 Å². The third kappa shape index (κ3) is 5.33. The van der Waals surface area contributed by atoms with Gasteiger partial charge in [0, 0.05) is 19.6 Å². The standard InChI is InChI=1S/C18H25F3N4O2/c1-24-6-3-7-25(9-8-24)17(26)16-11-14(22-23-16)12-27-15-5-2-4-13(10-15)18(19,20)21/h2,4-5,10,14,16,22-23H,3,6-9,11-12H2,1H3. The molecule has 0 spiro atoms. The fourth-order valence-electron chi connectivity index (χ4n) is 3.34. The Labute approximate surface area is 156 Å². The second-order valence-corrected chi connectivity index (χ2v) is 7.09. The fraction of sp³-hybridized carbons (Fsp3) is 0.611. The monoisotopic (exact) mass is 386 g/mol. The van der Waals surface area contributed by atoms with E-state index in [1.165, 1.54) is 12.1 Å². The number of amides is 1. The number of ether oxygens (including phenoxy) is 1. The van der Waals surface area contributed by atoms with Crippen molar-refractivity contribution in [3.05, 3.63) is 29.8 Å². The Morgan fingerprint density at radius 1 is 1.22 bits per heavy atom. The molecule has 0 aliphatic carbocycles. The lowest BCUT2D eigenvalue weighted by molar-refractivity contribution is -0.137. The maximum absolute atomic E-state index is 12.8. The van der Waals surface area contributed by atoms with E-state index in [0.29, 0.717) is 13.0 Å². The summed E-state index contributed by atoms with van der Waals surface area (Å²) < 4.78 is 43.8. The Morgan fingerprint density at radius 2 is 2.04 bits per heavy atom. The normalized spacial score (nSPS) is 24.7. The number of hydrazine groups is 1. The third-order valence-corrected chi connectivity index (χ3v) is 4.92. The van der Waals surface area contributed by atoms with Crippen molar-refractivity contribution in [3.63, 3.8) is 0 Å². The van der Waals surface area contributed by atoms with Crippen LogP contribution in [0.15, 0.2) is 24.3 Å². The number of likely N-dealkylation sites (N-methyl/N-ethyl adjacent to an activating group) is 1. The van der Waals surface area contributed by atoms with Gasteiger partial charge in [0.05, 0.1) is 11.6 Å². The summed E-state index contributed by atoms with van der Waals surface area (Å²) in [5, 5.41) is 0. The van der Waals surface area contributed by atoms with Gasteiger partial charge in [0.2, 0.25) is 5.91 Å². The lowest BCUT2D eigenvalue weighted by atomic mass is 10.1. The van der Waals surface area contributed by atoms with Crippen LogP contribution in [0.5, 0.6) is 5.75 Å². The molecule has 0 saturated carbocycles. The van der Waals surface area contributed by atoms with Crippen LogP contribution in [0.3, 0.4) is 0 Å². The van der Waals surface area contributed by atoms with Crippen molar-refractivity contribution in [1.82, 2.24) is 20.7 Å². The van der Waals surface area contributed by atoms with Crippen LogP contribution < -0.4 is 15.6 Å². The predicted molar refractivity (Wildman–Crippen MR) is 94.1 cm³/mol. The van der Waals surface area contributed by atoms with Gasteiger partial charge in [-0.05, 0) is 44.6 Å². The van der Waals surface area contributed by atoms with Gasteiger partial charge < -0.3 is 14.5 Å². The molecule has 0 radical (unpaired) electrons. The van der Waals surface area contributed by atoms with E-state index < -0.39 is 11.7 Å². The zero-order chi connectivity index (χ0) is 19.4. The van der Waals surface area contributed by atoms with Gasteiger partial charge in [0.1, 0.15) is 18.4 Å². The van der Waals surface area contributed by atoms with Crippen molar-refractivity contribution >= 4 is 5.91 Å². The molecule has 27 heavy (non-hydrogen) atoms. The van der Waals surface area contributed by atoms with Crippen LogP contribution in [0, 0.1) is 0 Å². The number of alkyl halides is 3. The Morgan fingerprint density at radius 3 is 2.81 bits per heavy atom. The van der Waals surface area contributed by atoms with Crippen LogP contribution in [-0.2, 0) is 11.0 Å². The first kappa shape index (κ1) is 19.9. The first-order valence-electron chi connectivity index (χ1n) is 9.11. The van der Waals surface area contributed by atoms with Crippen molar-refractivity contribution < 1.29 is 22.7 Å².